The highest BCUT2D eigenvalue weighted by Crippen LogP contribution is 2.35. The summed E-state index contributed by atoms with van der Waals surface area (Å²) in [6, 6.07) is 12.3. The molecule has 1 aromatic carbocycles. The van der Waals surface area contributed by atoms with E-state index in [-0.39, 0.29) is 11.8 Å². The van der Waals surface area contributed by atoms with E-state index in [1.54, 1.807) is 6.20 Å². The molecule has 154 valence electrons. The quantitative estimate of drug-likeness (QED) is 0.777. The predicted molar refractivity (Wildman–Crippen MR) is 115 cm³/mol. The van der Waals surface area contributed by atoms with Crippen LogP contribution in [-0.2, 0) is 16.0 Å². The fourth-order valence-electron chi connectivity index (χ4n) is 4.26. The van der Waals surface area contributed by atoms with Crippen LogP contribution in [0.1, 0.15) is 45.1 Å². The number of nitrogens with zero attached hydrogens (tertiary/aromatic N) is 2. The molecule has 2 aromatic rings. The number of amides is 2. The number of nitrogens with one attached hydrogen (secondary N) is 1. The molecule has 29 heavy (non-hydrogen) atoms. The van der Waals surface area contributed by atoms with E-state index in [4.69, 9.17) is 0 Å². The van der Waals surface area contributed by atoms with Gasteiger partial charge in [-0.25, -0.2) is 0 Å². The molecule has 0 bridgehead atoms. The van der Waals surface area contributed by atoms with Crippen LogP contribution in [-0.4, -0.2) is 41.3 Å². The van der Waals surface area contributed by atoms with Crippen molar-refractivity contribution in [2.45, 2.75) is 46.0 Å². The van der Waals surface area contributed by atoms with Crippen molar-refractivity contribution >= 4 is 11.8 Å². The van der Waals surface area contributed by atoms with E-state index in [0.29, 0.717) is 25.9 Å². The maximum atomic E-state index is 13.1. The Balaban J connectivity index is 1.88. The maximum absolute atomic E-state index is 13.1. The first kappa shape index (κ1) is 21.0. The maximum Gasteiger partial charge on any atom is 0.228 e. The minimum atomic E-state index is -0.578. The summed E-state index contributed by atoms with van der Waals surface area (Å²) in [6.07, 6.45) is 7.27. The lowest BCUT2D eigenvalue weighted by Crippen LogP contribution is -2.54. The minimum absolute atomic E-state index is 0.0563. The molecule has 0 saturated carbocycles. The van der Waals surface area contributed by atoms with Crippen LogP contribution >= 0.6 is 0 Å². The average Bonchev–Trinajstić information content (AvgIpc) is 2.75. The summed E-state index contributed by atoms with van der Waals surface area (Å²) in [5, 5.41) is 3.03. The van der Waals surface area contributed by atoms with E-state index in [1.807, 2.05) is 43.1 Å². The van der Waals surface area contributed by atoms with E-state index in [1.165, 1.54) is 0 Å². The highest BCUT2D eigenvalue weighted by molar-refractivity contribution is 5.85. The van der Waals surface area contributed by atoms with Gasteiger partial charge in [-0.3, -0.25) is 14.6 Å². The van der Waals surface area contributed by atoms with Crippen LogP contribution in [0.15, 0.2) is 48.8 Å². The standard InChI is InChI=1S/C24H31N3O2/c1-3-8-22(28)27-14-7-12-24(18-27,23(29)26-4-2)16-19-9-5-10-20(15-19)21-11-6-13-25-17-21/h5-6,9-11,13,15,17H,3-4,7-8,12,14,16,18H2,1-2H3,(H,26,29)/t24-/m1/s1. The second-order valence-corrected chi connectivity index (χ2v) is 7.93. The number of hydrogen-bond acceptors (Lipinski definition) is 3. The Morgan fingerprint density at radius 3 is 2.72 bits per heavy atom. The van der Waals surface area contributed by atoms with Crippen LogP contribution < -0.4 is 5.32 Å². The van der Waals surface area contributed by atoms with Crippen LogP contribution in [0.4, 0.5) is 0 Å². The van der Waals surface area contributed by atoms with Gasteiger partial charge in [0, 0.05) is 38.4 Å². The monoisotopic (exact) mass is 393 g/mol. The Hall–Kier alpha value is -2.69. The summed E-state index contributed by atoms with van der Waals surface area (Å²) in [5.74, 6) is 0.214. The largest absolute Gasteiger partial charge is 0.356 e. The summed E-state index contributed by atoms with van der Waals surface area (Å²) < 4.78 is 0. The van der Waals surface area contributed by atoms with Crippen molar-refractivity contribution in [1.29, 1.82) is 0 Å². The van der Waals surface area contributed by atoms with Gasteiger partial charge in [0.05, 0.1) is 5.41 Å². The van der Waals surface area contributed by atoms with E-state index in [2.05, 4.69) is 28.5 Å². The fraction of sp³-hybridized carbons (Fsp3) is 0.458. The van der Waals surface area contributed by atoms with Gasteiger partial charge in [0.1, 0.15) is 0 Å². The van der Waals surface area contributed by atoms with Gasteiger partial charge in [0.15, 0.2) is 0 Å². The van der Waals surface area contributed by atoms with E-state index in [9.17, 15) is 9.59 Å². The average molecular weight is 394 g/mol. The number of benzene rings is 1. The van der Waals surface area contributed by atoms with Crippen LogP contribution in [0.25, 0.3) is 11.1 Å². The summed E-state index contributed by atoms with van der Waals surface area (Å²) >= 11 is 0. The molecule has 0 unspecified atom stereocenters. The third kappa shape index (κ3) is 5.03. The van der Waals surface area contributed by atoms with Gasteiger partial charge in [0.25, 0.3) is 0 Å². The number of pyridine rings is 1. The fourth-order valence-corrected chi connectivity index (χ4v) is 4.26. The number of likely N-dealkylation sites (tertiary alicyclic amines) is 1. The second-order valence-electron chi connectivity index (χ2n) is 7.93. The predicted octanol–water partition coefficient (Wildman–Crippen LogP) is 3.84. The van der Waals surface area contributed by atoms with Crippen molar-refractivity contribution in [3.8, 4) is 11.1 Å². The number of piperidine rings is 1. The SMILES string of the molecule is CCCC(=O)N1CCC[C@](Cc2cccc(-c3cccnc3)c2)(C(=O)NCC)C1. The summed E-state index contributed by atoms with van der Waals surface area (Å²) in [6.45, 7) is 5.80. The zero-order valence-electron chi connectivity index (χ0n) is 17.5. The first-order chi connectivity index (χ1) is 14.1. The van der Waals surface area contributed by atoms with Gasteiger partial charge in [-0.05, 0) is 55.4 Å². The number of aromatic nitrogens is 1. The van der Waals surface area contributed by atoms with E-state index in [0.717, 1.165) is 42.5 Å². The Bertz CT molecular complexity index is 837. The van der Waals surface area contributed by atoms with Crippen molar-refractivity contribution in [3.05, 3.63) is 54.4 Å². The molecule has 1 atom stereocenters. The summed E-state index contributed by atoms with van der Waals surface area (Å²) in [7, 11) is 0. The first-order valence-corrected chi connectivity index (χ1v) is 10.6. The lowest BCUT2D eigenvalue weighted by atomic mass is 9.74. The van der Waals surface area contributed by atoms with Gasteiger partial charge in [0.2, 0.25) is 11.8 Å². The molecule has 2 amide bonds. The molecule has 0 radical (unpaired) electrons. The number of rotatable bonds is 7. The second kappa shape index (κ2) is 9.68. The molecule has 0 spiro atoms. The van der Waals surface area contributed by atoms with Crippen molar-refractivity contribution in [3.63, 3.8) is 0 Å². The normalized spacial score (nSPS) is 19.0. The highest BCUT2D eigenvalue weighted by Gasteiger charge is 2.43. The van der Waals surface area contributed by atoms with Gasteiger partial charge >= 0.3 is 0 Å². The van der Waals surface area contributed by atoms with Crippen molar-refractivity contribution in [2.24, 2.45) is 5.41 Å². The third-order valence-electron chi connectivity index (χ3n) is 5.68. The van der Waals surface area contributed by atoms with E-state index >= 15 is 0 Å². The van der Waals surface area contributed by atoms with Crippen LogP contribution in [0.5, 0.6) is 0 Å². The van der Waals surface area contributed by atoms with Crippen LogP contribution in [0, 0.1) is 5.41 Å². The Morgan fingerprint density at radius 1 is 1.17 bits per heavy atom. The molecule has 1 saturated heterocycles. The minimum Gasteiger partial charge on any atom is -0.356 e. The molecule has 3 rings (SSSR count). The molecule has 5 nitrogen and oxygen atoms in total. The molecule has 1 aliphatic rings. The van der Waals surface area contributed by atoms with Gasteiger partial charge in [-0.2, -0.15) is 0 Å². The highest BCUT2D eigenvalue weighted by atomic mass is 16.2. The topological polar surface area (TPSA) is 62.3 Å². The molecule has 5 heteroatoms. The third-order valence-corrected chi connectivity index (χ3v) is 5.68. The van der Waals surface area contributed by atoms with Crippen molar-refractivity contribution in [1.82, 2.24) is 15.2 Å². The Kier molecular flexibility index (Phi) is 7.02. The first-order valence-electron chi connectivity index (χ1n) is 10.6. The van der Waals surface area contributed by atoms with Gasteiger partial charge < -0.3 is 10.2 Å². The van der Waals surface area contributed by atoms with Crippen LogP contribution in [0.2, 0.25) is 0 Å². The number of hydrogen-bond donors (Lipinski definition) is 1. The summed E-state index contributed by atoms with van der Waals surface area (Å²) in [5.41, 5.74) is 2.69. The smallest absolute Gasteiger partial charge is 0.228 e. The van der Waals surface area contributed by atoms with Crippen molar-refractivity contribution < 1.29 is 9.59 Å². The van der Waals surface area contributed by atoms with E-state index < -0.39 is 5.41 Å². The zero-order chi connectivity index (χ0) is 20.7. The lowest BCUT2D eigenvalue weighted by Gasteiger charge is -2.42. The molecular formula is C24H31N3O2. The Morgan fingerprint density at radius 2 is 2.00 bits per heavy atom. The molecule has 1 N–H and O–H groups in total. The molecule has 0 aliphatic carbocycles. The zero-order valence-corrected chi connectivity index (χ0v) is 17.5. The lowest BCUT2D eigenvalue weighted by molar-refractivity contribution is -0.141. The molecule has 1 fully saturated rings. The van der Waals surface area contributed by atoms with Crippen LogP contribution in [0.3, 0.4) is 0 Å². The number of carbonyl (C=O) groups excluding carboxylic acids is 2. The molecule has 2 heterocycles. The number of carbonyl (C=O) groups is 2. The Labute approximate surface area is 173 Å². The van der Waals surface area contributed by atoms with Crippen molar-refractivity contribution in [2.75, 3.05) is 19.6 Å². The molecular weight excluding hydrogens is 362 g/mol. The van der Waals surface area contributed by atoms with Gasteiger partial charge in [-0.15, -0.1) is 0 Å². The van der Waals surface area contributed by atoms with Gasteiger partial charge in [-0.1, -0.05) is 37.3 Å². The summed E-state index contributed by atoms with van der Waals surface area (Å²) in [4.78, 5) is 31.8. The molecule has 1 aromatic heterocycles. The molecule has 1 aliphatic heterocycles.